The van der Waals surface area contributed by atoms with Crippen molar-refractivity contribution >= 4 is 6.08 Å². The van der Waals surface area contributed by atoms with E-state index in [1.54, 1.807) is 18.2 Å². The lowest BCUT2D eigenvalue weighted by Crippen LogP contribution is -2.23. The van der Waals surface area contributed by atoms with Gasteiger partial charge in [0, 0.05) is 5.92 Å². The van der Waals surface area contributed by atoms with Crippen LogP contribution in [0, 0.1) is 12.7 Å². The number of aryl methyl sites for hydroxylation is 2. The zero-order chi connectivity index (χ0) is 20.1. The second-order valence-corrected chi connectivity index (χ2v) is 7.50. The monoisotopic (exact) mass is 388 g/mol. The summed E-state index contributed by atoms with van der Waals surface area (Å²) in [5.41, 5.74) is 2.55. The molecule has 3 rings (SSSR count). The van der Waals surface area contributed by atoms with Crippen LogP contribution in [0.5, 0.6) is 0 Å². The third-order valence-corrected chi connectivity index (χ3v) is 5.42. The Bertz CT molecular complexity index is 803. The highest BCUT2D eigenvalue weighted by molar-refractivity contribution is 5.56. The van der Waals surface area contributed by atoms with Gasteiger partial charge in [-0.2, -0.15) is 0 Å². The molecule has 0 aliphatic carbocycles. The Morgan fingerprint density at radius 2 is 1.86 bits per heavy atom. The van der Waals surface area contributed by atoms with Gasteiger partial charge in [-0.3, -0.25) is 0 Å². The van der Waals surface area contributed by atoms with Gasteiger partial charge in [0.2, 0.25) is 0 Å². The molecule has 1 heterocycles. The summed E-state index contributed by atoms with van der Waals surface area (Å²) in [6, 6.07) is 11.8. The molecule has 0 bridgehead atoms. The van der Waals surface area contributed by atoms with Crippen molar-refractivity contribution in [2.45, 2.75) is 58.0 Å². The lowest BCUT2D eigenvalue weighted by atomic mass is 9.90. The van der Waals surface area contributed by atoms with Gasteiger partial charge in [-0.05, 0) is 48.4 Å². The predicted octanol–water partition coefficient (Wildman–Crippen LogP) is 7.00. The van der Waals surface area contributed by atoms with E-state index in [-0.39, 0.29) is 17.2 Å². The molecule has 0 saturated carbocycles. The summed E-state index contributed by atoms with van der Waals surface area (Å²) in [5, 5.41) is 0. The van der Waals surface area contributed by atoms with E-state index >= 15 is 0 Å². The molecule has 0 radical (unpaired) electrons. The fraction of sp³-hybridized carbons (Fsp3) is 0.417. The van der Waals surface area contributed by atoms with Crippen LogP contribution in [0.2, 0.25) is 0 Å². The number of halogens is 3. The fourth-order valence-electron chi connectivity index (χ4n) is 3.73. The van der Waals surface area contributed by atoms with Gasteiger partial charge in [0.25, 0.3) is 6.43 Å². The Morgan fingerprint density at radius 3 is 2.46 bits per heavy atom. The van der Waals surface area contributed by atoms with Crippen LogP contribution in [0.25, 0.3) is 6.08 Å². The zero-order valence-electron chi connectivity index (χ0n) is 16.4. The van der Waals surface area contributed by atoms with Crippen LogP contribution in [0.3, 0.4) is 0 Å². The first-order valence-electron chi connectivity index (χ1n) is 9.95. The molecule has 0 aromatic heterocycles. The van der Waals surface area contributed by atoms with Crippen molar-refractivity contribution in [2.75, 3.05) is 6.61 Å². The van der Waals surface area contributed by atoms with Crippen LogP contribution in [-0.4, -0.2) is 12.7 Å². The molecule has 1 saturated heterocycles. The Kier molecular flexibility index (Phi) is 6.95. The second-order valence-electron chi connectivity index (χ2n) is 7.50. The third-order valence-electron chi connectivity index (χ3n) is 5.42. The smallest absolute Gasteiger partial charge is 0.267 e. The van der Waals surface area contributed by atoms with Crippen LogP contribution in [-0.2, 0) is 11.2 Å². The minimum Gasteiger partial charge on any atom is -0.374 e. The van der Waals surface area contributed by atoms with E-state index < -0.39 is 17.8 Å². The summed E-state index contributed by atoms with van der Waals surface area (Å²) >= 11 is 0. The minimum atomic E-state index is -2.84. The lowest BCUT2D eigenvalue weighted by molar-refractivity contribution is 0.0331. The average molecular weight is 388 g/mol. The van der Waals surface area contributed by atoms with Crippen LogP contribution in [0.4, 0.5) is 13.2 Å². The molecule has 1 aliphatic rings. The molecule has 1 aliphatic heterocycles. The first-order valence-corrected chi connectivity index (χ1v) is 9.95. The van der Waals surface area contributed by atoms with Gasteiger partial charge in [-0.15, -0.1) is 0 Å². The van der Waals surface area contributed by atoms with Gasteiger partial charge in [-0.1, -0.05) is 61.9 Å². The number of rotatable bonds is 6. The van der Waals surface area contributed by atoms with E-state index in [0.29, 0.717) is 12.5 Å². The highest BCUT2D eigenvalue weighted by Crippen LogP contribution is 2.31. The van der Waals surface area contributed by atoms with Gasteiger partial charge in [0.1, 0.15) is 5.82 Å². The number of alkyl halides is 2. The topological polar surface area (TPSA) is 9.23 Å². The van der Waals surface area contributed by atoms with Gasteiger partial charge in [0.05, 0.1) is 18.3 Å². The Morgan fingerprint density at radius 1 is 1.11 bits per heavy atom. The van der Waals surface area contributed by atoms with Crippen molar-refractivity contribution in [3.63, 3.8) is 0 Å². The molecule has 28 heavy (non-hydrogen) atoms. The van der Waals surface area contributed by atoms with Crippen molar-refractivity contribution in [1.82, 2.24) is 0 Å². The van der Waals surface area contributed by atoms with E-state index in [0.717, 1.165) is 25.7 Å². The third kappa shape index (κ3) is 4.85. The molecule has 4 heteroatoms. The Hall–Kier alpha value is -2.07. The molecule has 0 N–H and O–H groups in total. The van der Waals surface area contributed by atoms with Crippen LogP contribution in [0.15, 0.2) is 42.5 Å². The molecule has 1 fully saturated rings. The molecule has 0 amide bonds. The molecular weight excluding hydrogens is 361 g/mol. The summed E-state index contributed by atoms with van der Waals surface area (Å²) in [5.74, 6) is -0.470. The largest absolute Gasteiger partial charge is 0.374 e. The SMILES string of the molecule is CCCc1ccc(C2CCC(/C=C/c3ccc(C)c(F)c3C(F)F)OC2)cc1. The summed E-state index contributed by atoms with van der Waals surface area (Å²) in [7, 11) is 0. The second kappa shape index (κ2) is 9.42. The molecule has 1 nitrogen and oxygen atoms in total. The number of hydrogen-bond donors (Lipinski definition) is 0. The van der Waals surface area contributed by atoms with Crippen molar-refractivity contribution in [3.05, 3.63) is 76.1 Å². The maximum atomic E-state index is 14.0. The molecule has 2 aromatic carbocycles. The van der Waals surface area contributed by atoms with E-state index in [9.17, 15) is 13.2 Å². The van der Waals surface area contributed by atoms with Gasteiger partial charge in [0.15, 0.2) is 0 Å². The zero-order valence-corrected chi connectivity index (χ0v) is 16.4. The molecular formula is C24H27F3O. The van der Waals surface area contributed by atoms with Gasteiger partial charge < -0.3 is 4.74 Å². The highest BCUT2D eigenvalue weighted by atomic mass is 19.3. The van der Waals surface area contributed by atoms with E-state index in [4.69, 9.17) is 4.74 Å². The van der Waals surface area contributed by atoms with Crippen molar-refractivity contribution in [1.29, 1.82) is 0 Å². The maximum absolute atomic E-state index is 14.0. The lowest BCUT2D eigenvalue weighted by Gasteiger charge is -2.28. The normalized spacial score (nSPS) is 20.2. The van der Waals surface area contributed by atoms with Crippen LogP contribution < -0.4 is 0 Å². The number of ether oxygens (including phenoxy) is 1. The Labute approximate surface area is 165 Å². The van der Waals surface area contributed by atoms with E-state index in [2.05, 4.69) is 31.2 Å². The molecule has 150 valence electrons. The predicted molar refractivity (Wildman–Crippen MR) is 107 cm³/mol. The van der Waals surface area contributed by atoms with Crippen molar-refractivity contribution in [3.8, 4) is 0 Å². The van der Waals surface area contributed by atoms with Crippen LogP contribution in [0.1, 0.15) is 66.3 Å². The van der Waals surface area contributed by atoms with E-state index in [1.165, 1.54) is 24.1 Å². The minimum absolute atomic E-state index is 0.134. The molecule has 0 spiro atoms. The van der Waals surface area contributed by atoms with Gasteiger partial charge in [-0.25, -0.2) is 13.2 Å². The summed E-state index contributed by atoms with van der Waals surface area (Å²) < 4.78 is 46.5. The average Bonchev–Trinajstić information content (AvgIpc) is 2.70. The molecule has 2 atom stereocenters. The fourth-order valence-corrected chi connectivity index (χ4v) is 3.73. The molecule has 2 aromatic rings. The maximum Gasteiger partial charge on any atom is 0.267 e. The summed E-state index contributed by atoms with van der Waals surface area (Å²) in [6.07, 6.45) is 4.39. The summed E-state index contributed by atoms with van der Waals surface area (Å²) in [4.78, 5) is 0. The number of hydrogen-bond acceptors (Lipinski definition) is 1. The van der Waals surface area contributed by atoms with Crippen LogP contribution >= 0.6 is 0 Å². The first-order chi connectivity index (χ1) is 13.5. The summed E-state index contributed by atoms with van der Waals surface area (Å²) in [6.45, 7) is 4.27. The quantitative estimate of drug-likeness (QED) is 0.518. The number of benzene rings is 2. The van der Waals surface area contributed by atoms with Crippen molar-refractivity contribution < 1.29 is 17.9 Å². The Balaban J connectivity index is 1.62. The van der Waals surface area contributed by atoms with Crippen molar-refractivity contribution in [2.24, 2.45) is 0 Å². The van der Waals surface area contributed by atoms with Gasteiger partial charge >= 0.3 is 0 Å². The highest BCUT2D eigenvalue weighted by Gasteiger charge is 2.22. The van der Waals surface area contributed by atoms with E-state index in [1.807, 2.05) is 0 Å². The first kappa shape index (κ1) is 20.7. The molecule has 2 unspecified atom stereocenters. The standard InChI is InChI=1S/C24H27F3O/c1-3-4-17-6-9-18(10-7-17)20-12-14-21(28-15-20)13-11-19-8-5-16(2)23(25)22(19)24(26)27/h5-11,13,20-21,24H,3-4,12,14-15H2,1-2H3/b13-11+.